The van der Waals surface area contributed by atoms with Crippen molar-refractivity contribution < 1.29 is 0 Å². The Morgan fingerprint density at radius 1 is 1.33 bits per heavy atom. The number of rotatable bonds is 3. The Morgan fingerprint density at radius 3 is 2.50 bits per heavy atom. The van der Waals surface area contributed by atoms with Gasteiger partial charge in [-0.2, -0.15) is 0 Å². The summed E-state index contributed by atoms with van der Waals surface area (Å²) in [6.07, 6.45) is 1.92. The molecule has 0 aromatic carbocycles. The summed E-state index contributed by atoms with van der Waals surface area (Å²) < 4.78 is 0. The number of hydrogen-bond acceptors (Lipinski definition) is 4. The first-order valence-electron chi connectivity index (χ1n) is 6.81. The van der Waals surface area contributed by atoms with Gasteiger partial charge in [0.05, 0.1) is 0 Å². The second kappa shape index (κ2) is 5.67. The number of pyridine rings is 1. The molecule has 0 amide bonds. The molecule has 2 N–H and O–H groups in total. The van der Waals surface area contributed by atoms with E-state index in [1.165, 1.54) is 5.56 Å². The van der Waals surface area contributed by atoms with E-state index in [0.717, 1.165) is 44.1 Å². The predicted octanol–water partition coefficient (Wildman–Crippen LogP) is 1.55. The zero-order valence-corrected chi connectivity index (χ0v) is 11.7. The average molecular weight is 248 g/mol. The molecule has 4 nitrogen and oxygen atoms in total. The highest BCUT2D eigenvalue weighted by molar-refractivity contribution is 5.48. The van der Waals surface area contributed by atoms with Crippen molar-refractivity contribution in [3.8, 4) is 0 Å². The Balaban J connectivity index is 2.10. The van der Waals surface area contributed by atoms with Crippen LogP contribution < -0.4 is 10.6 Å². The molecule has 1 fully saturated rings. The third-order valence-corrected chi connectivity index (χ3v) is 3.72. The number of aromatic nitrogens is 1. The van der Waals surface area contributed by atoms with Gasteiger partial charge in [-0.15, -0.1) is 0 Å². The fourth-order valence-corrected chi connectivity index (χ4v) is 2.45. The summed E-state index contributed by atoms with van der Waals surface area (Å²) in [6, 6.07) is 2.22. The van der Waals surface area contributed by atoms with E-state index in [0.29, 0.717) is 0 Å². The zero-order chi connectivity index (χ0) is 13.1. The lowest BCUT2D eigenvalue weighted by atomic mass is 10.1. The molecule has 100 valence electrons. The SMILES string of the molecule is CCN1CCN(c2ncc([C@@H](C)N)cc2C)CC1. The molecule has 1 aliphatic rings. The van der Waals surface area contributed by atoms with Crippen LogP contribution in [0.3, 0.4) is 0 Å². The molecule has 0 unspecified atom stereocenters. The number of hydrogen-bond donors (Lipinski definition) is 1. The zero-order valence-electron chi connectivity index (χ0n) is 11.7. The van der Waals surface area contributed by atoms with Crippen molar-refractivity contribution in [2.45, 2.75) is 26.8 Å². The summed E-state index contributed by atoms with van der Waals surface area (Å²) in [6.45, 7) is 11.9. The number of piperazine rings is 1. The van der Waals surface area contributed by atoms with Crippen LogP contribution in [0.1, 0.15) is 31.0 Å². The van der Waals surface area contributed by atoms with E-state index in [1.807, 2.05) is 13.1 Å². The first-order valence-corrected chi connectivity index (χ1v) is 6.81. The van der Waals surface area contributed by atoms with Crippen LogP contribution in [0.5, 0.6) is 0 Å². The van der Waals surface area contributed by atoms with Crippen molar-refractivity contribution in [1.29, 1.82) is 0 Å². The van der Waals surface area contributed by atoms with Crippen LogP contribution in [0.4, 0.5) is 5.82 Å². The minimum Gasteiger partial charge on any atom is -0.354 e. The number of likely N-dealkylation sites (N-methyl/N-ethyl adjacent to an activating group) is 1. The Morgan fingerprint density at radius 2 is 2.00 bits per heavy atom. The first kappa shape index (κ1) is 13.3. The second-order valence-electron chi connectivity index (χ2n) is 5.12. The number of aryl methyl sites for hydroxylation is 1. The summed E-state index contributed by atoms with van der Waals surface area (Å²) in [5.74, 6) is 1.12. The van der Waals surface area contributed by atoms with Crippen LogP contribution >= 0.6 is 0 Å². The Kier molecular flexibility index (Phi) is 4.19. The van der Waals surface area contributed by atoms with Gasteiger partial charge in [-0.25, -0.2) is 4.98 Å². The van der Waals surface area contributed by atoms with E-state index in [-0.39, 0.29) is 6.04 Å². The van der Waals surface area contributed by atoms with Crippen LogP contribution in [0, 0.1) is 6.92 Å². The predicted molar refractivity (Wildman–Crippen MR) is 75.9 cm³/mol. The van der Waals surface area contributed by atoms with Crippen LogP contribution in [-0.4, -0.2) is 42.6 Å². The maximum Gasteiger partial charge on any atom is 0.131 e. The summed E-state index contributed by atoms with van der Waals surface area (Å²) in [5.41, 5.74) is 8.23. The Hall–Kier alpha value is -1.13. The molecule has 2 heterocycles. The quantitative estimate of drug-likeness (QED) is 0.881. The molecule has 1 aliphatic heterocycles. The summed E-state index contributed by atoms with van der Waals surface area (Å²) in [5, 5.41) is 0. The highest BCUT2D eigenvalue weighted by atomic mass is 15.3. The van der Waals surface area contributed by atoms with E-state index in [4.69, 9.17) is 5.73 Å². The minimum absolute atomic E-state index is 0.0576. The molecule has 1 atom stereocenters. The van der Waals surface area contributed by atoms with Crippen LogP contribution in [-0.2, 0) is 0 Å². The molecule has 1 aromatic rings. The number of nitrogens with zero attached hydrogens (tertiary/aromatic N) is 3. The van der Waals surface area contributed by atoms with Gasteiger partial charge in [-0.05, 0) is 37.6 Å². The molecule has 0 saturated carbocycles. The smallest absolute Gasteiger partial charge is 0.131 e. The van der Waals surface area contributed by atoms with E-state index in [2.05, 4.69) is 34.7 Å². The fourth-order valence-electron chi connectivity index (χ4n) is 2.45. The average Bonchev–Trinajstić information content (AvgIpc) is 2.38. The van der Waals surface area contributed by atoms with E-state index >= 15 is 0 Å². The molecule has 0 aliphatic carbocycles. The normalized spacial score (nSPS) is 19.0. The molecule has 0 radical (unpaired) electrons. The lowest BCUT2D eigenvalue weighted by Gasteiger charge is -2.35. The van der Waals surface area contributed by atoms with Crippen molar-refractivity contribution in [1.82, 2.24) is 9.88 Å². The van der Waals surface area contributed by atoms with Crippen molar-refractivity contribution in [2.75, 3.05) is 37.6 Å². The highest BCUT2D eigenvalue weighted by Gasteiger charge is 2.18. The molecule has 1 aromatic heterocycles. The maximum atomic E-state index is 5.89. The van der Waals surface area contributed by atoms with Gasteiger partial charge in [-0.3, -0.25) is 0 Å². The van der Waals surface area contributed by atoms with Gasteiger partial charge in [0, 0.05) is 38.4 Å². The van der Waals surface area contributed by atoms with Gasteiger partial charge < -0.3 is 15.5 Å². The third kappa shape index (κ3) is 2.82. The number of nitrogens with two attached hydrogens (primary N) is 1. The second-order valence-corrected chi connectivity index (χ2v) is 5.12. The molecule has 4 heteroatoms. The van der Waals surface area contributed by atoms with Crippen molar-refractivity contribution >= 4 is 5.82 Å². The monoisotopic (exact) mass is 248 g/mol. The van der Waals surface area contributed by atoms with Crippen LogP contribution in [0.2, 0.25) is 0 Å². The lowest BCUT2D eigenvalue weighted by molar-refractivity contribution is 0.270. The lowest BCUT2D eigenvalue weighted by Crippen LogP contribution is -2.46. The molecule has 0 spiro atoms. The minimum atomic E-state index is 0.0576. The van der Waals surface area contributed by atoms with Gasteiger partial charge in [0.15, 0.2) is 0 Å². The summed E-state index contributed by atoms with van der Waals surface area (Å²) in [7, 11) is 0. The van der Waals surface area contributed by atoms with Gasteiger partial charge in [0.2, 0.25) is 0 Å². The molecule has 1 saturated heterocycles. The third-order valence-electron chi connectivity index (χ3n) is 3.72. The van der Waals surface area contributed by atoms with Crippen LogP contribution in [0.25, 0.3) is 0 Å². The Bertz CT molecular complexity index is 395. The van der Waals surface area contributed by atoms with Crippen molar-refractivity contribution in [3.05, 3.63) is 23.4 Å². The summed E-state index contributed by atoms with van der Waals surface area (Å²) >= 11 is 0. The van der Waals surface area contributed by atoms with Gasteiger partial charge in [0.25, 0.3) is 0 Å². The van der Waals surface area contributed by atoms with Gasteiger partial charge in [0.1, 0.15) is 5.82 Å². The van der Waals surface area contributed by atoms with Crippen molar-refractivity contribution in [2.24, 2.45) is 5.73 Å². The molecular formula is C14H24N4. The topological polar surface area (TPSA) is 45.4 Å². The number of anilines is 1. The largest absolute Gasteiger partial charge is 0.354 e. The van der Waals surface area contributed by atoms with Gasteiger partial charge in [-0.1, -0.05) is 6.92 Å². The molecule has 2 rings (SSSR count). The first-order chi connectivity index (χ1) is 8.61. The van der Waals surface area contributed by atoms with Crippen molar-refractivity contribution in [3.63, 3.8) is 0 Å². The maximum absolute atomic E-state index is 5.89. The molecule has 18 heavy (non-hydrogen) atoms. The van der Waals surface area contributed by atoms with Gasteiger partial charge >= 0.3 is 0 Å². The van der Waals surface area contributed by atoms with Crippen LogP contribution in [0.15, 0.2) is 12.3 Å². The summed E-state index contributed by atoms with van der Waals surface area (Å²) in [4.78, 5) is 9.46. The van der Waals surface area contributed by atoms with E-state index in [1.54, 1.807) is 0 Å². The Labute approximate surface area is 110 Å². The van der Waals surface area contributed by atoms with E-state index < -0.39 is 0 Å². The highest BCUT2D eigenvalue weighted by Crippen LogP contribution is 2.21. The standard InChI is InChI=1S/C14H24N4/c1-4-17-5-7-18(8-6-17)14-11(2)9-13(10-16-14)12(3)15/h9-10,12H,4-8,15H2,1-3H3/t12-/m1/s1. The molecule has 0 bridgehead atoms. The fraction of sp³-hybridized carbons (Fsp3) is 0.643. The molecular weight excluding hydrogens is 224 g/mol. The van der Waals surface area contributed by atoms with E-state index in [9.17, 15) is 0 Å².